The van der Waals surface area contributed by atoms with Crippen LogP contribution in [0.1, 0.15) is 83.1 Å². The van der Waals surface area contributed by atoms with Gasteiger partial charge in [0, 0.05) is 17.8 Å². The van der Waals surface area contributed by atoms with Gasteiger partial charge in [0.05, 0.1) is 18.9 Å². The van der Waals surface area contributed by atoms with Crippen LogP contribution in [0, 0.1) is 28.6 Å². The first-order chi connectivity index (χ1) is 19.3. The summed E-state index contributed by atoms with van der Waals surface area (Å²) < 4.78 is 5.30. The smallest absolute Gasteiger partial charge is 0.306 e. The maximum absolute atomic E-state index is 13.5. The Morgan fingerprint density at radius 2 is 1.76 bits per heavy atom. The lowest BCUT2D eigenvalue weighted by molar-refractivity contribution is -0.184. The number of Topliss-reactive ketones (excluding diaryl/α,β-unsaturated/α-hetero) is 1. The number of aliphatic carboxylic acids is 1. The largest absolute Gasteiger partial charge is 0.508 e. The van der Waals surface area contributed by atoms with Gasteiger partial charge in [-0.3, -0.25) is 19.2 Å². The molecule has 1 aromatic rings. The van der Waals surface area contributed by atoms with Crippen LogP contribution in [-0.4, -0.2) is 62.2 Å². The van der Waals surface area contributed by atoms with Crippen LogP contribution in [0.4, 0.5) is 0 Å². The highest BCUT2D eigenvalue weighted by atomic mass is 16.5. The molecule has 8 atom stereocenters. The molecule has 0 bridgehead atoms. The van der Waals surface area contributed by atoms with Crippen LogP contribution in [0.5, 0.6) is 5.75 Å². The van der Waals surface area contributed by atoms with Gasteiger partial charge in [0.2, 0.25) is 5.78 Å². The predicted molar refractivity (Wildman–Crippen MR) is 147 cm³/mol. The van der Waals surface area contributed by atoms with Crippen molar-refractivity contribution in [2.24, 2.45) is 28.6 Å². The van der Waals surface area contributed by atoms with Crippen LogP contribution in [0.15, 0.2) is 35.9 Å². The van der Waals surface area contributed by atoms with Crippen molar-refractivity contribution in [3.8, 4) is 5.75 Å². The first-order valence-electron chi connectivity index (χ1n) is 14.6. The summed E-state index contributed by atoms with van der Waals surface area (Å²) in [5, 5.41) is 42.2. The fourth-order valence-corrected chi connectivity index (χ4v) is 8.94. The lowest BCUT2D eigenvalue weighted by Crippen LogP contribution is -2.62. The maximum Gasteiger partial charge on any atom is 0.306 e. The third-order valence-corrected chi connectivity index (χ3v) is 11.1. The molecule has 0 spiro atoms. The molecule has 1 aromatic carbocycles. The zero-order valence-corrected chi connectivity index (χ0v) is 23.7. The molecule has 3 fully saturated rings. The molecular formula is C32H40O9. The number of carbonyl (C=O) groups excluding carboxylic acids is 3. The number of benzene rings is 1. The van der Waals surface area contributed by atoms with Gasteiger partial charge in [0.25, 0.3) is 0 Å². The minimum absolute atomic E-state index is 0.00555. The number of carbonyl (C=O) groups is 4. The van der Waals surface area contributed by atoms with Gasteiger partial charge in [-0.1, -0.05) is 31.6 Å². The standard InChI is InChI=1S/C32H40O9/c1-30-11-9-22(34)15-20(30)5-8-23-24-10-12-32(40,31(24,2)16-25(35)29(23)30)26(36)17-41-28(39)14-19(13-27(37)38)18-3-6-21(33)7-4-18/h3-4,6-7,15,19,23-25,29,33,35,40H,5,8-14,16-17H2,1-2H3,(H,37,38)/t19?,23-,24-,25?,29+,30-,31-,32-/m0/s1. The van der Waals surface area contributed by atoms with Crippen molar-refractivity contribution in [1.29, 1.82) is 0 Å². The molecule has 0 saturated heterocycles. The molecule has 2 unspecified atom stereocenters. The number of aliphatic hydroxyl groups excluding tert-OH is 1. The van der Waals surface area contributed by atoms with Crippen molar-refractivity contribution < 1.29 is 44.3 Å². The van der Waals surface area contributed by atoms with Crippen molar-refractivity contribution in [2.45, 2.75) is 89.3 Å². The number of rotatable bonds is 8. The van der Waals surface area contributed by atoms with Crippen LogP contribution < -0.4 is 0 Å². The molecule has 222 valence electrons. The molecule has 3 saturated carbocycles. The number of aromatic hydroxyl groups is 1. The van der Waals surface area contributed by atoms with Crippen LogP contribution in [0.2, 0.25) is 0 Å². The van der Waals surface area contributed by atoms with E-state index in [2.05, 4.69) is 6.92 Å². The van der Waals surface area contributed by atoms with Crippen LogP contribution in [-0.2, 0) is 23.9 Å². The van der Waals surface area contributed by atoms with Gasteiger partial charge in [-0.05, 0) is 85.5 Å². The first-order valence-corrected chi connectivity index (χ1v) is 14.6. The molecule has 41 heavy (non-hydrogen) atoms. The van der Waals surface area contributed by atoms with Crippen LogP contribution in [0.3, 0.4) is 0 Å². The number of allylic oxidation sites excluding steroid dienone is 1. The van der Waals surface area contributed by atoms with Gasteiger partial charge in [-0.25, -0.2) is 0 Å². The number of hydrogen-bond acceptors (Lipinski definition) is 8. The van der Waals surface area contributed by atoms with Crippen molar-refractivity contribution in [1.82, 2.24) is 0 Å². The summed E-state index contributed by atoms with van der Waals surface area (Å²) >= 11 is 0. The fraction of sp³-hybridized carbons (Fsp3) is 0.625. The highest BCUT2D eigenvalue weighted by Gasteiger charge is 2.68. The van der Waals surface area contributed by atoms with Crippen molar-refractivity contribution in [3.05, 3.63) is 41.5 Å². The van der Waals surface area contributed by atoms with Crippen LogP contribution in [0.25, 0.3) is 0 Å². The molecule has 4 aliphatic rings. The SMILES string of the molecule is C[C@]12CCC(=O)C=C1CC[C@@H]1[C@@H]2C(O)C[C@@]2(C)[C@H]1CC[C@]2(O)C(=O)COC(=O)CC(CC(=O)O)c1ccc(O)cc1. The molecule has 0 amide bonds. The predicted octanol–water partition coefficient (Wildman–Crippen LogP) is 3.69. The third kappa shape index (κ3) is 5.01. The van der Waals surface area contributed by atoms with E-state index in [1.54, 1.807) is 18.2 Å². The zero-order chi connectivity index (χ0) is 29.7. The van der Waals surface area contributed by atoms with E-state index in [0.29, 0.717) is 24.8 Å². The normalized spacial score (nSPS) is 36.8. The summed E-state index contributed by atoms with van der Waals surface area (Å²) in [4.78, 5) is 49.8. The number of carboxylic acid groups (broad SMARTS) is 1. The number of phenolic OH excluding ortho intramolecular Hbond substituents is 1. The van der Waals surface area contributed by atoms with E-state index in [4.69, 9.17) is 4.74 Å². The number of phenols is 1. The summed E-state index contributed by atoms with van der Waals surface area (Å²) in [6, 6.07) is 5.90. The topological polar surface area (TPSA) is 158 Å². The number of hydrogen-bond donors (Lipinski definition) is 4. The molecule has 4 N–H and O–H groups in total. The minimum atomic E-state index is -1.76. The fourth-order valence-electron chi connectivity index (χ4n) is 8.94. The van der Waals surface area contributed by atoms with E-state index in [-0.39, 0.29) is 60.4 Å². The first kappa shape index (κ1) is 29.5. The van der Waals surface area contributed by atoms with Crippen molar-refractivity contribution in [3.63, 3.8) is 0 Å². The van der Waals surface area contributed by atoms with E-state index >= 15 is 0 Å². The monoisotopic (exact) mass is 568 g/mol. The molecule has 0 aliphatic heterocycles. The molecule has 9 nitrogen and oxygen atoms in total. The van der Waals surface area contributed by atoms with Crippen molar-refractivity contribution in [2.75, 3.05) is 6.61 Å². The van der Waals surface area contributed by atoms with E-state index in [9.17, 15) is 39.6 Å². The Morgan fingerprint density at radius 1 is 1.05 bits per heavy atom. The number of ketones is 2. The Hall–Kier alpha value is -3.04. The van der Waals surface area contributed by atoms with Gasteiger partial charge >= 0.3 is 11.9 Å². The highest BCUT2D eigenvalue weighted by molar-refractivity contribution is 5.92. The number of carboxylic acids is 1. The Balaban J connectivity index is 1.28. The van der Waals surface area contributed by atoms with E-state index in [1.807, 2.05) is 6.92 Å². The highest BCUT2D eigenvalue weighted by Crippen LogP contribution is 2.67. The number of aliphatic hydroxyl groups is 2. The van der Waals surface area contributed by atoms with E-state index in [1.165, 1.54) is 12.1 Å². The van der Waals surface area contributed by atoms with Gasteiger partial charge in [0.1, 0.15) is 11.4 Å². The Bertz CT molecular complexity index is 1270. The summed E-state index contributed by atoms with van der Waals surface area (Å²) in [5.41, 5.74) is -1.27. The summed E-state index contributed by atoms with van der Waals surface area (Å²) in [5.74, 6) is -2.95. The summed E-state index contributed by atoms with van der Waals surface area (Å²) in [6.07, 6.45) is 4.22. The van der Waals surface area contributed by atoms with Gasteiger partial charge in [-0.15, -0.1) is 0 Å². The lowest BCUT2D eigenvalue weighted by Gasteiger charge is -2.60. The van der Waals surface area contributed by atoms with Crippen molar-refractivity contribution >= 4 is 23.5 Å². The lowest BCUT2D eigenvalue weighted by atomic mass is 9.45. The van der Waals surface area contributed by atoms with Gasteiger partial charge in [-0.2, -0.15) is 0 Å². The third-order valence-electron chi connectivity index (χ3n) is 11.1. The summed E-state index contributed by atoms with van der Waals surface area (Å²) in [7, 11) is 0. The molecule has 0 aromatic heterocycles. The molecule has 9 heteroatoms. The number of fused-ring (bicyclic) bond motifs is 5. The van der Waals surface area contributed by atoms with Crippen LogP contribution >= 0.6 is 0 Å². The quantitative estimate of drug-likeness (QED) is 0.343. The van der Waals surface area contributed by atoms with E-state index < -0.39 is 47.4 Å². The number of ether oxygens (including phenoxy) is 1. The van der Waals surface area contributed by atoms with Gasteiger partial charge in [0.15, 0.2) is 12.4 Å². The molecule has 4 aliphatic carbocycles. The average Bonchev–Trinajstić information content (AvgIpc) is 3.18. The van der Waals surface area contributed by atoms with Gasteiger partial charge < -0.3 is 25.2 Å². The second-order valence-corrected chi connectivity index (χ2v) is 13.2. The molecular weight excluding hydrogens is 528 g/mol. The summed E-state index contributed by atoms with van der Waals surface area (Å²) in [6.45, 7) is 3.38. The number of esters is 1. The molecule has 0 radical (unpaired) electrons. The maximum atomic E-state index is 13.5. The second-order valence-electron chi connectivity index (χ2n) is 13.2. The minimum Gasteiger partial charge on any atom is -0.508 e. The molecule has 5 rings (SSSR count). The average molecular weight is 569 g/mol. The Kier molecular flexibility index (Phi) is 7.66. The second kappa shape index (κ2) is 10.7. The Labute approximate surface area is 239 Å². The molecule has 0 heterocycles. The zero-order valence-electron chi connectivity index (χ0n) is 23.7. The Morgan fingerprint density at radius 3 is 2.44 bits per heavy atom. The van der Waals surface area contributed by atoms with E-state index in [0.717, 1.165) is 18.4 Å².